The Morgan fingerprint density at radius 2 is 1.93 bits per heavy atom. The molecular formula is C23H29N5O2. The molecule has 1 aromatic carbocycles. The summed E-state index contributed by atoms with van der Waals surface area (Å²) in [5.41, 5.74) is 5.81. The molecule has 158 valence electrons. The van der Waals surface area contributed by atoms with Gasteiger partial charge in [-0.1, -0.05) is 39.0 Å². The summed E-state index contributed by atoms with van der Waals surface area (Å²) in [6.45, 7) is 11.8. The van der Waals surface area contributed by atoms with Gasteiger partial charge in [-0.25, -0.2) is 10.1 Å². The number of nitrogens with zero attached hydrogens (tertiary/aromatic N) is 4. The second-order valence-electron chi connectivity index (χ2n) is 7.95. The molecule has 1 N–H and O–H groups in total. The molecule has 0 fully saturated rings. The van der Waals surface area contributed by atoms with Crippen molar-refractivity contribution in [3.05, 3.63) is 63.3 Å². The normalized spacial score (nSPS) is 11.7. The average Bonchev–Trinajstić information content (AvgIpc) is 2.97. The maximum absolute atomic E-state index is 12.8. The Bertz CT molecular complexity index is 1150. The number of amides is 1. The number of aryl methyl sites for hydroxylation is 2. The molecule has 0 bridgehead atoms. The second-order valence-corrected chi connectivity index (χ2v) is 7.95. The molecule has 1 amide bonds. The number of nitrogens with one attached hydrogen (secondary N) is 1. The summed E-state index contributed by atoms with van der Waals surface area (Å²) < 4.78 is 3.60. The van der Waals surface area contributed by atoms with Gasteiger partial charge in [0, 0.05) is 35.4 Å². The van der Waals surface area contributed by atoms with Crippen molar-refractivity contribution in [1.29, 1.82) is 0 Å². The van der Waals surface area contributed by atoms with E-state index in [2.05, 4.69) is 47.0 Å². The van der Waals surface area contributed by atoms with Crippen LogP contribution in [-0.2, 0) is 13.1 Å². The van der Waals surface area contributed by atoms with Gasteiger partial charge in [0.2, 0.25) is 0 Å². The molecule has 0 spiro atoms. The lowest BCUT2D eigenvalue weighted by Gasteiger charge is -2.11. The monoisotopic (exact) mass is 407 g/mol. The van der Waals surface area contributed by atoms with E-state index in [0.29, 0.717) is 23.2 Å². The highest BCUT2D eigenvalue weighted by atomic mass is 16.2. The average molecular weight is 408 g/mol. The number of carbonyl (C=O) groups excluding carboxylic acids is 1. The maximum atomic E-state index is 12.8. The van der Waals surface area contributed by atoms with Crippen LogP contribution < -0.4 is 11.0 Å². The van der Waals surface area contributed by atoms with Crippen LogP contribution in [0, 0.1) is 19.8 Å². The first-order valence-electron chi connectivity index (χ1n) is 10.3. The zero-order valence-electron chi connectivity index (χ0n) is 18.3. The third-order valence-corrected chi connectivity index (χ3v) is 5.05. The summed E-state index contributed by atoms with van der Waals surface area (Å²) in [6, 6.07) is 9.08. The van der Waals surface area contributed by atoms with Gasteiger partial charge in [-0.15, -0.1) is 0 Å². The van der Waals surface area contributed by atoms with Crippen LogP contribution in [0.5, 0.6) is 0 Å². The zero-order valence-corrected chi connectivity index (χ0v) is 18.3. The molecule has 0 unspecified atom stereocenters. The summed E-state index contributed by atoms with van der Waals surface area (Å²) in [6.07, 6.45) is 2.40. The van der Waals surface area contributed by atoms with E-state index in [4.69, 9.17) is 0 Å². The number of aromatic nitrogens is 3. The van der Waals surface area contributed by atoms with Crippen molar-refractivity contribution in [3.63, 3.8) is 0 Å². The number of rotatable bonds is 7. The fraction of sp³-hybridized carbons (Fsp3) is 0.391. The van der Waals surface area contributed by atoms with Crippen molar-refractivity contribution in [3.8, 4) is 0 Å². The minimum Gasteiger partial charge on any atom is -0.348 e. The van der Waals surface area contributed by atoms with Gasteiger partial charge in [0.1, 0.15) is 0 Å². The molecule has 0 atom stereocenters. The van der Waals surface area contributed by atoms with Crippen molar-refractivity contribution in [2.45, 2.75) is 54.1 Å². The van der Waals surface area contributed by atoms with Gasteiger partial charge in [0.05, 0.1) is 11.6 Å². The highest BCUT2D eigenvalue weighted by Crippen LogP contribution is 2.16. The molecule has 0 saturated carbocycles. The Morgan fingerprint density at radius 1 is 1.23 bits per heavy atom. The third-order valence-electron chi connectivity index (χ3n) is 5.05. The zero-order chi connectivity index (χ0) is 21.8. The van der Waals surface area contributed by atoms with Gasteiger partial charge in [-0.2, -0.15) is 10.2 Å². The minimum atomic E-state index is -0.441. The quantitative estimate of drug-likeness (QED) is 0.479. The van der Waals surface area contributed by atoms with Crippen molar-refractivity contribution < 1.29 is 4.79 Å². The molecule has 0 aliphatic carbocycles. The van der Waals surface area contributed by atoms with Gasteiger partial charge < -0.3 is 4.57 Å². The van der Waals surface area contributed by atoms with E-state index >= 15 is 0 Å². The Hall–Kier alpha value is -3.22. The predicted octanol–water partition coefficient (Wildman–Crippen LogP) is 3.64. The minimum absolute atomic E-state index is 0.190. The molecule has 0 saturated heterocycles. The van der Waals surface area contributed by atoms with Crippen LogP contribution >= 0.6 is 0 Å². The topological polar surface area (TPSA) is 81.3 Å². The summed E-state index contributed by atoms with van der Waals surface area (Å²) in [5.74, 6) is 0.0979. The molecule has 0 aliphatic rings. The van der Waals surface area contributed by atoms with Gasteiger partial charge in [0.25, 0.3) is 11.5 Å². The van der Waals surface area contributed by atoms with Crippen LogP contribution in [0.3, 0.4) is 0 Å². The summed E-state index contributed by atoms with van der Waals surface area (Å²) >= 11 is 0. The first-order chi connectivity index (χ1) is 14.3. The standard InChI is InChI=1S/C23H29N5O2/c1-6-11-28-23(30)20-10-8-7-9-19(20)21(26-28)22(29)25-24-13-18-12-16(4)27(17(18)5)14-15(2)3/h7-10,12-13,15H,6,11,14H2,1-5H3,(H,25,29)/b24-13+. The summed E-state index contributed by atoms with van der Waals surface area (Å²) in [7, 11) is 0. The molecule has 2 aromatic heterocycles. The molecule has 30 heavy (non-hydrogen) atoms. The van der Waals surface area contributed by atoms with E-state index in [9.17, 15) is 9.59 Å². The summed E-state index contributed by atoms with van der Waals surface area (Å²) in [5, 5.41) is 9.45. The van der Waals surface area contributed by atoms with Gasteiger partial charge >= 0.3 is 0 Å². The summed E-state index contributed by atoms with van der Waals surface area (Å²) in [4.78, 5) is 25.4. The number of hydrogen-bond acceptors (Lipinski definition) is 4. The number of benzene rings is 1. The van der Waals surface area contributed by atoms with Crippen LogP contribution in [0.25, 0.3) is 10.8 Å². The van der Waals surface area contributed by atoms with Crippen LogP contribution in [0.1, 0.15) is 54.6 Å². The van der Waals surface area contributed by atoms with E-state index in [-0.39, 0.29) is 11.3 Å². The van der Waals surface area contributed by atoms with Gasteiger partial charge in [0.15, 0.2) is 5.69 Å². The molecule has 3 rings (SSSR count). The highest BCUT2D eigenvalue weighted by molar-refractivity contribution is 6.05. The van der Waals surface area contributed by atoms with E-state index in [1.807, 2.05) is 13.8 Å². The Kier molecular flexibility index (Phi) is 6.50. The SMILES string of the molecule is CCCn1nc(C(=O)N/N=C/c2cc(C)n(CC(C)C)c2C)c2ccccc2c1=O. The largest absolute Gasteiger partial charge is 0.348 e. The highest BCUT2D eigenvalue weighted by Gasteiger charge is 2.16. The molecule has 7 heteroatoms. The molecule has 3 aromatic rings. The van der Waals surface area contributed by atoms with Gasteiger partial charge in [-0.05, 0) is 38.3 Å². The molecule has 0 radical (unpaired) electrons. The first-order valence-corrected chi connectivity index (χ1v) is 10.3. The van der Waals surface area contributed by atoms with Crippen molar-refractivity contribution in [1.82, 2.24) is 19.8 Å². The van der Waals surface area contributed by atoms with Crippen molar-refractivity contribution in [2.75, 3.05) is 0 Å². The number of carbonyl (C=O) groups is 1. The third kappa shape index (κ3) is 4.35. The maximum Gasteiger partial charge on any atom is 0.292 e. The van der Waals surface area contributed by atoms with Crippen LogP contribution in [-0.4, -0.2) is 26.5 Å². The fourth-order valence-corrected chi connectivity index (χ4v) is 3.58. The van der Waals surface area contributed by atoms with Crippen LogP contribution in [0.15, 0.2) is 40.2 Å². The molecule has 7 nitrogen and oxygen atoms in total. The smallest absolute Gasteiger partial charge is 0.292 e. The van der Waals surface area contributed by atoms with Crippen molar-refractivity contribution >= 4 is 22.9 Å². The Balaban J connectivity index is 1.88. The number of hydrazone groups is 1. The van der Waals surface area contributed by atoms with Crippen LogP contribution in [0.4, 0.5) is 0 Å². The molecule has 0 aliphatic heterocycles. The predicted molar refractivity (Wildman–Crippen MR) is 120 cm³/mol. The number of hydrogen-bond donors (Lipinski definition) is 1. The lowest BCUT2D eigenvalue weighted by atomic mass is 10.1. The fourth-order valence-electron chi connectivity index (χ4n) is 3.58. The van der Waals surface area contributed by atoms with E-state index in [0.717, 1.165) is 29.9 Å². The van der Waals surface area contributed by atoms with E-state index in [1.165, 1.54) is 4.68 Å². The second kappa shape index (κ2) is 9.07. The number of fused-ring (bicyclic) bond motifs is 1. The Labute approximate surface area is 176 Å². The Morgan fingerprint density at radius 3 is 2.60 bits per heavy atom. The first kappa shape index (κ1) is 21.5. The van der Waals surface area contributed by atoms with E-state index in [1.54, 1.807) is 30.5 Å². The van der Waals surface area contributed by atoms with Crippen LogP contribution in [0.2, 0.25) is 0 Å². The van der Waals surface area contributed by atoms with E-state index < -0.39 is 5.91 Å². The lowest BCUT2D eigenvalue weighted by molar-refractivity contribution is 0.0949. The van der Waals surface area contributed by atoms with Crippen molar-refractivity contribution in [2.24, 2.45) is 11.0 Å². The van der Waals surface area contributed by atoms with Gasteiger partial charge in [-0.3, -0.25) is 9.59 Å². The molecular weight excluding hydrogens is 378 g/mol. The lowest BCUT2D eigenvalue weighted by Crippen LogP contribution is -2.29. The molecule has 2 heterocycles.